The summed E-state index contributed by atoms with van der Waals surface area (Å²) >= 11 is 7.80. The minimum absolute atomic E-state index is 0.146. The molecule has 2 heterocycles. The summed E-state index contributed by atoms with van der Waals surface area (Å²) < 4.78 is 56.2. The number of carbonyl (C=O) groups excluding carboxylic acids is 1. The second kappa shape index (κ2) is 10.0. The van der Waals surface area contributed by atoms with Gasteiger partial charge in [-0.1, -0.05) is 17.7 Å². The van der Waals surface area contributed by atoms with Crippen molar-refractivity contribution in [3.8, 4) is 6.07 Å². The van der Waals surface area contributed by atoms with Crippen LogP contribution in [0.2, 0.25) is 5.02 Å². The Morgan fingerprint density at radius 1 is 1.18 bits per heavy atom. The average Bonchev–Trinajstić information content (AvgIpc) is 3.43. The summed E-state index contributed by atoms with van der Waals surface area (Å²) in [7, 11) is -7.18. The molecule has 33 heavy (non-hydrogen) atoms. The van der Waals surface area contributed by atoms with Gasteiger partial charge in [0.25, 0.3) is 5.04 Å². The van der Waals surface area contributed by atoms with Crippen molar-refractivity contribution in [1.82, 2.24) is 0 Å². The Hall–Kier alpha value is -2.76. The molecule has 1 aromatic carbocycles. The molecule has 0 fully saturated rings. The summed E-state index contributed by atoms with van der Waals surface area (Å²) in [6, 6.07) is 9.90. The molecule has 0 spiro atoms. The number of thiophene rings is 2. The van der Waals surface area contributed by atoms with Crippen molar-refractivity contribution in [1.29, 1.82) is 5.26 Å². The zero-order valence-corrected chi connectivity index (χ0v) is 20.7. The monoisotopic (exact) mass is 543 g/mol. The Labute approximate surface area is 202 Å². The maximum Gasteiger partial charge on any atom is 0.350 e. The number of methoxy groups -OCH3 is 1. The Morgan fingerprint density at radius 2 is 1.88 bits per heavy atom. The van der Waals surface area contributed by atoms with E-state index in [0.717, 1.165) is 18.4 Å². The van der Waals surface area contributed by atoms with E-state index in [1.54, 1.807) is 17.5 Å². The molecular formula is C19H14ClN3O6S4. The van der Waals surface area contributed by atoms with Crippen molar-refractivity contribution in [2.24, 2.45) is 5.10 Å². The van der Waals surface area contributed by atoms with Gasteiger partial charge in [-0.15, -0.1) is 22.7 Å². The Kier molecular flexibility index (Phi) is 7.55. The van der Waals surface area contributed by atoms with E-state index in [0.29, 0.717) is 9.90 Å². The number of anilines is 1. The van der Waals surface area contributed by atoms with E-state index >= 15 is 0 Å². The number of carbonyl (C=O) groups is 1. The fraction of sp³-hybridized carbons (Fsp3) is 0.105. The molecule has 1 N–H and O–H groups in total. The van der Waals surface area contributed by atoms with Crippen LogP contribution < -0.4 is 5.43 Å². The summed E-state index contributed by atoms with van der Waals surface area (Å²) in [5.74, 6) is -1.19. The number of nitrogens with one attached hydrogen (secondary N) is 1. The molecule has 0 saturated carbocycles. The smallest absolute Gasteiger partial charge is 0.350 e. The van der Waals surface area contributed by atoms with Gasteiger partial charge >= 0.3 is 5.97 Å². The van der Waals surface area contributed by atoms with Crippen molar-refractivity contribution in [2.45, 2.75) is 15.5 Å². The molecule has 3 rings (SSSR count). The molecule has 0 unspecified atom stereocenters. The molecule has 172 valence electrons. The molecule has 0 amide bonds. The first-order chi connectivity index (χ1) is 15.6. The molecule has 14 heteroatoms. The minimum Gasteiger partial charge on any atom is -0.465 e. The highest BCUT2D eigenvalue weighted by Gasteiger charge is 2.29. The molecule has 0 saturated heterocycles. The van der Waals surface area contributed by atoms with Gasteiger partial charge in [0.15, 0.2) is 9.84 Å². The Balaban J connectivity index is 2.05. The number of rotatable bonds is 7. The van der Waals surface area contributed by atoms with E-state index in [1.807, 2.05) is 0 Å². The predicted octanol–water partition coefficient (Wildman–Crippen LogP) is 3.95. The SMILES string of the molecule is COC(=O)c1scc(S(=O)(=O)Cc2cccs2)c1NN=C(C#N)S(=O)(=O)c1ccc(Cl)cc1. The van der Waals surface area contributed by atoms with Crippen molar-refractivity contribution >= 4 is 70.6 Å². The van der Waals surface area contributed by atoms with Crippen LogP contribution in [0.15, 0.2) is 62.1 Å². The molecule has 0 atom stereocenters. The van der Waals surface area contributed by atoms with Gasteiger partial charge in [-0.2, -0.15) is 10.4 Å². The molecule has 3 aromatic rings. The maximum absolute atomic E-state index is 13.0. The van der Waals surface area contributed by atoms with Crippen molar-refractivity contribution < 1.29 is 26.4 Å². The first-order valence-electron chi connectivity index (χ1n) is 8.79. The van der Waals surface area contributed by atoms with Crippen molar-refractivity contribution in [3.63, 3.8) is 0 Å². The lowest BCUT2D eigenvalue weighted by molar-refractivity contribution is 0.0607. The minimum atomic E-state index is -4.34. The van der Waals surface area contributed by atoms with E-state index < -0.39 is 30.7 Å². The van der Waals surface area contributed by atoms with Gasteiger partial charge in [0.2, 0.25) is 9.84 Å². The first-order valence-corrected chi connectivity index (χ1v) is 14.1. The van der Waals surface area contributed by atoms with E-state index in [2.05, 4.69) is 15.3 Å². The summed E-state index contributed by atoms with van der Waals surface area (Å²) in [6.07, 6.45) is 0. The van der Waals surface area contributed by atoms with Crippen molar-refractivity contribution in [2.75, 3.05) is 12.5 Å². The molecule has 0 aliphatic heterocycles. The molecule has 9 nitrogen and oxygen atoms in total. The van der Waals surface area contributed by atoms with Crippen LogP contribution in [0.25, 0.3) is 0 Å². The normalized spacial score (nSPS) is 12.2. The quantitative estimate of drug-likeness (QED) is 0.204. The third-order valence-electron chi connectivity index (χ3n) is 4.12. The number of hydrogen-bond acceptors (Lipinski definition) is 11. The topological polar surface area (TPSA) is 143 Å². The fourth-order valence-electron chi connectivity index (χ4n) is 2.56. The lowest BCUT2D eigenvalue weighted by Gasteiger charge is -2.08. The van der Waals surface area contributed by atoms with Crippen LogP contribution in [0.1, 0.15) is 14.5 Å². The number of sulfone groups is 2. The van der Waals surface area contributed by atoms with Crippen LogP contribution in [-0.2, 0) is 30.2 Å². The number of hydrazone groups is 1. The molecule has 0 aliphatic rings. The zero-order chi connectivity index (χ0) is 24.2. The third-order valence-corrected chi connectivity index (χ3v) is 9.81. The fourth-order valence-corrected chi connectivity index (χ4v) is 7.59. The predicted molar refractivity (Wildman–Crippen MR) is 126 cm³/mol. The number of esters is 1. The molecule has 0 radical (unpaired) electrons. The van der Waals surface area contributed by atoms with Gasteiger partial charge in [-0.3, -0.25) is 5.43 Å². The lowest BCUT2D eigenvalue weighted by Crippen LogP contribution is -2.16. The second-order valence-corrected chi connectivity index (χ2v) is 12.4. The van der Waals surface area contributed by atoms with Crippen LogP contribution in [0, 0.1) is 11.3 Å². The zero-order valence-electron chi connectivity index (χ0n) is 16.7. The number of ether oxygens (including phenoxy) is 1. The summed E-state index contributed by atoms with van der Waals surface area (Å²) in [4.78, 5) is 12.1. The van der Waals surface area contributed by atoms with Gasteiger partial charge in [-0.05, 0) is 35.7 Å². The summed E-state index contributed by atoms with van der Waals surface area (Å²) in [6.45, 7) is 0. The number of hydrogen-bond donors (Lipinski definition) is 1. The molecule has 2 aromatic heterocycles. The largest absolute Gasteiger partial charge is 0.465 e. The number of nitrogens with zero attached hydrogens (tertiary/aromatic N) is 2. The van der Waals surface area contributed by atoms with Crippen LogP contribution in [0.4, 0.5) is 5.69 Å². The van der Waals surface area contributed by atoms with Crippen LogP contribution in [-0.4, -0.2) is 35.0 Å². The Morgan fingerprint density at radius 3 is 2.45 bits per heavy atom. The van der Waals surface area contributed by atoms with Gasteiger partial charge in [0.05, 0.1) is 17.8 Å². The van der Waals surface area contributed by atoms with E-state index in [-0.39, 0.29) is 26.1 Å². The highest BCUT2D eigenvalue weighted by molar-refractivity contribution is 8.07. The number of benzene rings is 1. The van der Waals surface area contributed by atoms with Gasteiger partial charge in [-0.25, -0.2) is 21.6 Å². The summed E-state index contributed by atoms with van der Waals surface area (Å²) in [5, 5.41) is 15.3. The van der Waals surface area contributed by atoms with Crippen LogP contribution in [0.3, 0.4) is 0 Å². The van der Waals surface area contributed by atoms with Gasteiger partial charge in [0, 0.05) is 15.3 Å². The number of nitriles is 1. The molecular weight excluding hydrogens is 530 g/mol. The van der Waals surface area contributed by atoms with Gasteiger partial charge < -0.3 is 4.74 Å². The standard InChI is InChI=1S/C19H14ClN3O6S4/c1-29-19(24)18-17(15(10-31-18)32(25,26)11-13-3-2-8-30-13)23-22-16(9-21)33(27,28)14-6-4-12(20)5-7-14/h2-8,10,23H,11H2,1H3. The van der Waals surface area contributed by atoms with Gasteiger partial charge in [0.1, 0.15) is 21.5 Å². The second-order valence-electron chi connectivity index (χ2n) is 6.23. The van der Waals surface area contributed by atoms with Crippen LogP contribution >= 0.6 is 34.3 Å². The first kappa shape index (κ1) is 24.9. The van der Waals surface area contributed by atoms with E-state index in [9.17, 15) is 26.9 Å². The van der Waals surface area contributed by atoms with Crippen molar-refractivity contribution in [3.05, 3.63) is 61.9 Å². The van der Waals surface area contributed by atoms with Crippen LogP contribution in [0.5, 0.6) is 0 Å². The highest BCUT2D eigenvalue weighted by Crippen LogP contribution is 2.35. The summed E-state index contributed by atoms with van der Waals surface area (Å²) in [5.41, 5.74) is 2.02. The average molecular weight is 544 g/mol. The molecule has 0 bridgehead atoms. The van der Waals surface area contributed by atoms with E-state index in [4.69, 9.17) is 11.6 Å². The number of halogens is 1. The highest BCUT2D eigenvalue weighted by atomic mass is 35.5. The van der Waals surface area contributed by atoms with E-state index in [1.165, 1.54) is 47.1 Å². The maximum atomic E-state index is 13.0. The lowest BCUT2D eigenvalue weighted by atomic mass is 10.4. The Bertz CT molecular complexity index is 1450. The molecule has 0 aliphatic carbocycles. The third kappa shape index (κ3) is 5.43.